The highest BCUT2D eigenvalue weighted by molar-refractivity contribution is 5.94. The van der Waals surface area contributed by atoms with Crippen molar-refractivity contribution in [1.82, 2.24) is 16.0 Å². The van der Waals surface area contributed by atoms with Crippen LogP contribution in [0.1, 0.15) is 52.5 Å². The number of rotatable bonds is 16. The summed E-state index contributed by atoms with van der Waals surface area (Å²) in [6.45, 7) is 7.17. The summed E-state index contributed by atoms with van der Waals surface area (Å²) in [5.41, 5.74) is 17.5. The van der Waals surface area contributed by atoms with Crippen LogP contribution in [0.5, 0.6) is 5.75 Å². The molecule has 0 radical (unpaired) electrons. The first kappa shape index (κ1) is 33.2. The Bertz CT molecular complexity index is 995. The molecule has 0 aliphatic carbocycles. The first-order valence-electron chi connectivity index (χ1n) is 13.0. The Labute approximate surface area is 229 Å². The van der Waals surface area contributed by atoms with Crippen LogP contribution in [0.15, 0.2) is 29.3 Å². The molecular weight excluding hydrogens is 506 g/mol. The van der Waals surface area contributed by atoms with E-state index in [0.717, 1.165) is 5.56 Å². The average Bonchev–Trinajstić information content (AvgIpc) is 2.87. The fraction of sp³-hybridized carbons (Fsp3) is 0.577. The molecule has 1 rings (SSSR count). The number of aliphatic carboxylic acids is 1. The molecule has 0 aliphatic heterocycles. The van der Waals surface area contributed by atoms with Crippen LogP contribution >= 0.6 is 0 Å². The second kappa shape index (κ2) is 16.2. The van der Waals surface area contributed by atoms with E-state index in [1.165, 1.54) is 12.1 Å². The molecule has 13 heteroatoms. The third-order valence-corrected chi connectivity index (χ3v) is 6.33. The van der Waals surface area contributed by atoms with Crippen molar-refractivity contribution in [2.24, 2.45) is 34.0 Å². The Balaban J connectivity index is 3.00. The predicted molar refractivity (Wildman–Crippen MR) is 147 cm³/mol. The SMILES string of the molecule is CCC(C)C(NC(=O)C(CCCN=C(N)N)NC(=O)C(NC(=O)C(N)Cc1ccc(O)cc1)C(C)C)C(=O)O. The molecule has 5 atom stereocenters. The van der Waals surface area contributed by atoms with Gasteiger partial charge in [-0.2, -0.15) is 0 Å². The zero-order valence-corrected chi connectivity index (χ0v) is 23.0. The van der Waals surface area contributed by atoms with E-state index in [1.807, 2.05) is 6.92 Å². The van der Waals surface area contributed by atoms with Crippen LogP contribution in [-0.2, 0) is 25.6 Å². The zero-order valence-electron chi connectivity index (χ0n) is 23.0. The van der Waals surface area contributed by atoms with Crippen molar-refractivity contribution in [3.63, 3.8) is 0 Å². The van der Waals surface area contributed by atoms with E-state index >= 15 is 0 Å². The van der Waals surface area contributed by atoms with Crippen LogP contribution in [0.3, 0.4) is 0 Å². The lowest BCUT2D eigenvalue weighted by Gasteiger charge is -2.28. The summed E-state index contributed by atoms with van der Waals surface area (Å²) < 4.78 is 0. The molecule has 5 unspecified atom stereocenters. The van der Waals surface area contributed by atoms with Crippen LogP contribution in [0.2, 0.25) is 0 Å². The summed E-state index contributed by atoms with van der Waals surface area (Å²) >= 11 is 0. The number of benzene rings is 1. The summed E-state index contributed by atoms with van der Waals surface area (Å²) in [7, 11) is 0. The number of hydrogen-bond acceptors (Lipinski definition) is 7. The van der Waals surface area contributed by atoms with Gasteiger partial charge in [0.15, 0.2) is 5.96 Å². The number of carbonyl (C=O) groups is 4. The van der Waals surface area contributed by atoms with Gasteiger partial charge in [-0.05, 0) is 48.8 Å². The van der Waals surface area contributed by atoms with Crippen molar-refractivity contribution < 1.29 is 29.4 Å². The third kappa shape index (κ3) is 11.6. The number of phenolic OH excluding ortho intramolecular Hbond substituents is 1. The molecule has 0 saturated heterocycles. The van der Waals surface area contributed by atoms with Crippen molar-refractivity contribution in [3.05, 3.63) is 29.8 Å². The number of nitrogens with zero attached hydrogens (tertiary/aromatic N) is 1. The third-order valence-electron chi connectivity index (χ3n) is 6.33. The molecular formula is C26H43N7O6. The number of aliphatic imine (C=N–C) groups is 1. The smallest absolute Gasteiger partial charge is 0.326 e. The minimum atomic E-state index is -1.18. The highest BCUT2D eigenvalue weighted by Crippen LogP contribution is 2.12. The van der Waals surface area contributed by atoms with E-state index < -0.39 is 47.9 Å². The maximum absolute atomic E-state index is 13.2. The fourth-order valence-corrected chi connectivity index (χ4v) is 3.74. The van der Waals surface area contributed by atoms with Crippen LogP contribution in [0, 0.1) is 11.8 Å². The summed E-state index contributed by atoms with van der Waals surface area (Å²) in [4.78, 5) is 54.7. The number of nitrogens with one attached hydrogen (secondary N) is 3. The van der Waals surface area contributed by atoms with Gasteiger partial charge in [0.2, 0.25) is 17.7 Å². The normalized spacial score (nSPS) is 14.8. The van der Waals surface area contributed by atoms with E-state index in [0.29, 0.717) is 12.8 Å². The Morgan fingerprint density at radius 3 is 2.03 bits per heavy atom. The van der Waals surface area contributed by atoms with Crippen LogP contribution in [0.4, 0.5) is 0 Å². The van der Waals surface area contributed by atoms with Gasteiger partial charge in [0.05, 0.1) is 6.04 Å². The molecule has 1 aromatic rings. The minimum Gasteiger partial charge on any atom is -0.508 e. The summed E-state index contributed by atoms with van der Waals surface area (Å²) in [6.07, 6.45) is 1.15. The topological polar surface area (TPSA) is 235 Å². The second-order valence-corrected chi connectivity index (χ2v) is 9.93. The number of carboxylic acids is 1. The van der Waals surface area contributed by atoms with Gasteiger partial charge in [-0.1, -0.05) is 46.2 Å². The molecule has 0 fully saturated rings. The Hall–Kier alpha value is -3.87. The van der Waals surface area contributed by atoms with Gasteiger partial charge in [0.25, 0.3) is 0 Å². The highest BCUT2D eigenvalue weighted by Gasteiger charge is 2.32. The van der Waals surface area contributed by atoms with Crippen molar-refractivity contribution in [1.29, 1.82) is 0 Å². The lowest BCUT2D eigenvalue weighted by molar-refractivity contribution is -0.144. The summed E-state index contributed by atoms with van der Waals surface area (Å²) in [5, 5.41) is 26.8. The van der Waals surface area contributed by atoms with Gasteiger partial charge in [0.1, 0.15) is 23.9 Å². The van der Waals surface area contributed by atoms with E-state index in [2.05, 4.69) is 20.9 Å². The number of phenols is 1. The number of carboxylic acid groups (broad SMARTS) is 1. The second-order valence-electron chi connectivity index (χ2n) is 9.93. The molecule has 11 N–H and O–H groups in total. The number of guanidine groups is 1. The van der Waals surface area contributed by atoms with Crippen LogP contribution < -0.4 is 33.2 Å². The largest absolute Gasteiger partial charge is 0.508 e. The first-order valence-corrected chi connectivity index (χ1v) is 13.0. The molecule has 218 valence electrons. The van der Waals surface area contributed by atoms with Crippen LogP contribution in [-0.4, -0.2) is 70.6 Å². The number of hydrogen-bond donors (Lipinski definition) is 8. The number of carbonyl (C=O) groups excluding carboxylic acids is 3. The molecule has 0 saturated carbocycles. The average molecular weight is 550 g/mol. The van der Waals surface area contributed by atoms with E-state index in [1.54, 1.807) is 32.9 Å². The molecule has 0 spiro atoms. The molecule has 0 heterocycles. The Morgan fingerprint density at radius 1 is 0.923 bits per heavy atom. The maximum Gasteiger partial charge on any atom is 0.326 e. The monoisotopic (exact) mass is 549 g/mol. The van der Waals surface area contributed by atoms with Crippen molar-refractivity contribution >= 4 is 29.7 Å². The fourth-order valence-electron chi connectivity index (χ4n) is 3.74. The molecule has 3 amide bonds. The van der Waals surface area contributed by atoms with E-state index in [4.69, 9.17) is 17.2 Å². The van der Waals surface area contributed by atoms with Gasteiger partial charge in [-0.15, -0.1) is 0 Å². The van der Waals surface area contributed by atoms with Gasteiger partial charge in [0, 0.05) is 6.54 Å². The number of aromatic hydroxyl groups is 1. The number of amides is 3. The molecule has 0 bridgehead atoms. The van der Waals surface area contributed by atoms with Gasteiger partial charge in [-0.3, -0.25) is 19.4 Å². The standard InChI is InChI=1S/C26H43N7O6/c1-5-15(4)21(25(38)39)33-23(36)19(7-6-12-30-26(28)29)31-24(37)20(14(2)3)32-22(35)18(27)13-16-8-10-17(34)11-9-16/h8-11,14-15,18-21,34H,5-7,12-13,27H2,1-4H3,(H,31,37)(H,32,35)(H,33,36)(H,38,39)(H4,28,29,30). The van der Waals surface area contributed by atoms with E-state index in [-0.39, 0.29) is 42.9 Å². The van der Waals surface area contributed by atoms with Crippen molar-refractivity contribution in [2.75, 3.05) is 6.54 Å². The minimum absolute atomic E-state index is 0.0871. The molecule has 13 nitrogen and oxygen atoms in total. The number of nitrogens with two attached hydrogens (primary N) is 3. The van der Waals surface area contributed by atoms with Gasteiger partial charge < -0.3 is 43.4 Å². The molecule has 1 aromatic carbocycles. The lowest BCUT2D eigenvalue weighted by Crippen LogP contribution is -2.59. The first-order chi connectivity index (χ1) is 18.3. The van der Waals surface area contributed by atoms with Crippen LogP contribution in [0.25, 0.3) is 0 Å². The van der Waals surface area contributed by atoms with Crippen molar-refractivity contribution in [3.8, 4) is 5.75 Å². The van der Waals surface area contributed by atoms with Gasteiger partial charge >= 0.3 is 5.97 Å². The van der Waals surface area contributed by atoms with Gasteiger partial charge in [-0.25, -0.2) is 4.79 Å². The zero-order chi connectivity index (χ0) is 29.7. The Morgan fingerprint density at radius 2 is 1.51 bits per heavy atom. The van der Waals surface area contributed by atoms with E-state index in [9.17, 15) is 29.4 Å². The highest BCUT2D eigenvalue weighted by atomic mass is 16.4. The Kier molecular flexibility index (Phi) is 13.7. The van der Waals surface area contributed by atoms with Crippen molar-refractivity contribution in [2.45, 2.75) is 77.5 Å². The quantitative estimate of drug-likeness (QED) is 0.0756. The lowest BCUT2D eigenvalue weighted by atomic mass is 9.98. The molecule has 0 aromatic heterocycles. The molecule has 39 heavy (non-hydrogen) atoms. The molecule has 0 aliphatic rings. The summed E-state index contributed by atoms with van der Waals surface area (Å²) in [6, 6.07) is 2.04. The maximum atomic E-state index is 13.2. The summed E-state index contributed by atoms with van der Waals surface area (Å²) in [5.74, 6) is -3.76. The predicted octanol–water partition coefficient (Wildman–Crippen LogP) is -0.443.